The summed E-state index contributed by atoms with van der Waals surface area (Å²) in [5.74, 6) is 0.0672. The number of carbonyl (C=O) groups excluding carboxylic acids is 2. The molecule has 0 spiro atoms. The van der Waals surface area contributed by atoms with Gasteiger partial charge in [0.1, 0.15) is 5.75 Å². The van der Waals surface area contributed by atoms with Crippen molar-refractivity contribution in [1.82, 2.24) is 10.6 Å². The van der Waals surface area contributed by atoms with E-state index < -0.39 is 5.91 Å². The lowest BCUT2D eigenvalue weighted by Crippen LogP contribution is -2.39. The van der Waals surface area contributed by atoms with Crippen LogP contribution in [0.3, 0.4) is 0 Å². The van der Waals surface area contributed by atoms with Crippen LogP contribution < -0.4 is 15.4 Å². The molecule has 0 unspecified atom stereocenters. The van der Waals surface area contributed by atoms with E-state index in [1.165, 1.54) is 0 Å². The fourth-order valence-electron chi connectivity index (χ4n) is 3.04. The van der Waals surface area contributed by atoms with Crippen molar-refractivity contribution >= 4 is 23.4 Å². The number of hydrogen-bond donors (Lipinski definition) is 2. The molecule has 30 heavy (non-hydrogen) atoms. The third kappa shape index (κ3) is 5.61. The van der Waals surface area contributed by atoms with Crippen LogP contribution in [0.15, 0.2) is 78.9 Å². The number of benzene rings is 3. The maximum Gasteiger partial charge on any atom is 0.253 e. The Kier molecular flexibility index (Phi) is 7.46. The van der Waals surface area contributed by atoms with Crippen molar-refractivity contribution in [2.75, 3.05) is 13.2 Å². The summed E-state index contributed by atoms with van der Waals surface area (Å²) in [7, 11) is 0. The molecule has 0 aliphatic carbocycles. The lowest BCUT2D eigenvalue weighted by Gasteiger charge is -2.20. The summed E-state index contributed by atoms with van der Waals surface area (Å²) in [6.45, 7) is 2.35. The van der Waals surface area contributed by atoms with Gasteiger partial charge in [-0.15, -0.1) is 0 Å². The van der Waals surface area contributed by atoms with Crippen LogP contribution in [-0.4, -0.2) is 25.0 Å². The van der Waals surface area contributed by atoms with Gasteiger partial charge in [0.05, 0.1) is 29.8 Å². The maximum atomic E-state index is 12.6. The summed E-state index contributed by atoms with van der Waals surface area (Å²) in [5.41, 5.74) is 2.18. The minimum atomic E-state index is -0.395. The standard InChI is InChI=1S/C24H23ClN2O3/c1-2-30-19-14-12-18(13-15-19)23(17-8-4-3-5-9-17)27-22(28)16-26-24(29)20-10-6-7-11-21(20)25/h3-15,23H,2,16H2,1H3,(H,26,29)(H,27,28)/t23-/m1/s1. The Morgan fingerprint density at radius 1 is 0.900 bits per heavy atom. The molecule has 1 atom stereocenters. The van der Waals surface area contributed by atoms with Gasteiger partial charge in [-0.2, -0.15) is 0 Å². The van der Waals surface area contributed by atoms with Crippen LogP contribution >= 0.6 is 11.6 Å². The first-order chi connectivity index (χ1) is 14.6. The fourth-order valence-corrected chi connectivity index (χ4v) is 3.26. The molecule has 3 aromatic carbocycles. The summed E-state index contributed by atoms with van der Waals surface area (Å²) in [5, 5.41) is 5.95. The van der Waals surface area contributed by atoms with Gasteiger partial charge in [-0.1, -0.05) is 66.2 Å². The molecule has 154 valence electrons. The molecule has 3 rings (SSSR count). The molecular formula is C24H23ClN2O3. The summed E-state index contributed by atoms with van der Waals surface area (Å²) in [6, 6.07) is 23.6. The minimum absolute atomic E-state index is 0.162. The van der Waals surface area contributed by atoms with Crippen LogP contribution in [0.4, 0.5) is 0 Å². The molecule has 0 radical (unpaired) electrons. The predicted octanol–water partition coefficient (Wildman–Crippen LogP) is 4.37. The Bertz CT molecular complexity index is 991. The number of amides is 2. The molecule has 2 N–H and O–H groups in total. The molecular weight excluding hydrogens is 400 g/mol. The highest BCUT2D eigenvalue weighted by molar-refractivity contribution is 6.33. The van der Waals surface area contributed by atoms with Crippen LogP contribution in [0.5, 0.6) is 5.75 Å². The van der Waals surface area contributed by atoms with Crippen LogP contribution in [0.2, 0.25) is 5.02 Å². The number of ether oxygens (including phenoxy) is 1. The minimum Gasteiger partial charge on any atom is -0.494 e. The van der Waals surface area contributed by atoms with E-state index in [9.17, 15) is 9.59 Å². The van der Waals surface area contributed by atoms with E-state index in [1.807, 2.05) is 61.5 Å². The SMILES string of the molecule is CCOc1ccc([C@H](NC(=O)CNC(=O)c2ccccc2Cl)c2ccccc2)cc1. The third-order valence-electron chi connectivity index (χ3n) is 4.49. The zero-order valence-electron chi connectivity index (χ0n) is 16.6. The first-order valence-corrected chi connectivity index (χ1v) is 10.1. The van der Waals surface area contributed by atoms with Crippen LogP contribution in [0.1, 0.15) is 34.5 Å². The van der Waals surface area contributed by atoms with Crippen LogP contribution in [-0.2, 0) is 4.79 Å². The number of hydrogen-bond acceptors (Lipinski definition) is 3. The molecule has 5 nitrogen and oxygen atoms in total. The van der Waals surface area contributed by atoms with E-state index in [1.54, 1.807) is 24.3 Å². The molecule has 0 heterocycles. The van der Waals surface area contributed by atoms with Gasteiger partial charge in [-0.3, -0.25) is 9.59 Å². The Hall–Kier alpha value is -3.31. The molecule has 0 aromatic heterocycles. The van der Waals surface area contributed by atoms with Crippen molar-refractivity contribution in [2.24, 2.45) is 0 Å². The molecule has 0 saturated heterocycles. The highest BCUT2D eigenvalue weighted by Gasteiger charge is 2.18. The molecule has 0 bridgehead atoms. The zero-order valence-corrected chi connectivity index (χ0v) is 17.4. The van der Waals surface area contributed by atoms with Gasteiger partial charge < -0.3 is 15.4 Å². The van der Waals surface area contributed by atoms with Gasteiger partial charge >= 0.3 is 0 Å². The van der Waals surface area contributed by atoms with Crippen LogP contribution in [0, 0.1) is 0 Å². The Morgan fingerprint density at radius 3 is 2.20 bits per heavy atom. The second kappa shape index (κ2) is 10.5. The summed E-state index contributed by atoms with van der Waals surface area (Å²) in [4.78, 5) is 24.9. The molecule has 0 aliphatic rings. The normalized spacial score (nSPS) is 11.4. The van der Waals surface area contributed by atoms with E-state index in [0.29, 0.717) is 17.2 Å². The quantitative estimate of drug-likeness (QED) is 0.566. The van der Waals surface area contributed by atoms with Gasteiger partial charge in [0.2, 0.25) is 5.91 Å². The van der Waals surface area contributed by atoms with Gasteiger partial charge in [-0.25, -0.2) is 0 Å². The summed E-state index contributed by atoms with van der Waals surface area (Å²) < 4.78 is 5.50. The average molecular weight is 423 g/mol. The van der Waals surface area contributed by atoms with Crippen molar-refractivity contribution in [3.05, 3.63) is 101 Å². The number of carbonyl (C=O) groups is 2. The molecule has 3 aromatic rings. The Morgan fingerprint density at radius 2 is 1.53 bits per heavy atom. The number of nitrogens with one attached hydrogen (secondary N) is 2. The van der Waals surface area contributed by atoms with Gasteiger partial charge in [-0.05, 0) is 42.3 Å². The average Bonchev–Trinajstić information content (AvgIpc) is 2.77. The first kappa shape index (κ1) is 21.4. The predicted molar refractivity (Wildman–Crippen MR) is 118 cm³/mol. The Balaban J connectivity index is 1.70. The molecule has 2 amide bonds. The van der Waals surface area contributed by atoms with Crippen molar-refractivity contribution in [3.63, 3.8) is 0 Å². The topological polar surface area (TPSA) is 67.4 Å². The largest absolute Gasteiger partial charge is 0.494 e. The van der Waals surface area contributed by atoms with Crippen molar-refractivity contribution in [3.8, 4) is 5.75 Å². The van der Waals surface area contributed by atoms with E-state index >= 15 is 0 Å². The Labute approximate surface area is 181 Å². The van der Waals surface area contributed by atoms with Crippen LogP contribution in [0.25, 0.3) is 0 Å². The number of halogens is 1. The van der Waals surface area contributed by atoms with E-state index in [4.69, 9.17) is 16.3 Å². The smallest absolute Gasteiger partial charge is 0.253 e. The lowest BCUT2D eigenvalue weighted by molar-refractivity contribution is -0.120. The maximum absolute atomic E-state index is 12.6. The van der Waals surface area contributed by atoms with Gasteiger partial charge in [0.25, 0.3) is 5.91 Å². The van der Waals surface area contributed by atoms with Crippen molar-refractivity contribution in [1.29, 1.82) is 0 Å². The zero-order chi connectivity index (χ0) is 21.3. The van der Waals surface area contributed by atoms with Gasteiger partial charge in [0, 0.05) is 0 Å². The van der Waals surface area contributed by atoms with Crippen molar-refractivity contribution < 1.29 is 14.3 Å². The number of rotatable bonds is 8. The molecule has 6 heteroatoms. The van der Waals surface area contributed by atoms with E-state index in [2.05, 4.69) is 10.6 Å². The monoisotopic (exact) mass is 422 g/mol. The molecule has 0 fully saturated rings. The van der Waals surface area contributed by atoms with E-state index in [-0.39, 0.29) is 18.5 Å². The highest BCUT2D eigenvalue weighted by atomic mass is 35.5. The summed E-state index contributed by atoms with van der Waals surface area (Å²) >= 11 is 6.04. The second-order valence-corrected chi connectivity index (χ2v) is 6.98. The van der Waals surface area contributed by atoms with Gasteiger partial charge in [0.15, 0.2) is 0 Å². The molecule has 0 saturated carbocycles. The highest BCUT2D eigenvalue weighted by Crippen LogP contribution is 2.24. The van der Waals surface area contributed by atoms with E-state index in [0.717, 1.165) is 16.9 Å². The molecule has 0 aliphatic heterocycles. The third-order valence-corrected chi connectivity index (χ3v) is 4.82. The van der Waals surface area contributed by atoms with Crippen molar-refractivity contribution in [2.45, 2.75) is 13.0 Å². The fraction of sp³-hybridized carbons (Fsp3) is 0.167. The second-order valence-electron chi connectivity index (χ2n) is 6.58. The lowest BCUT2D eigenvalue weighted by atomic mass is 9.98. The summed E-state index contributed by atoms with van der Waals surface area (Å²) in [6.07, 6.45) is 0. The first-order valence-electron chi connectivity index (χ1n) is 9.68.